The first-order valence-electron chi connectivity index (χ1n) is 6.28. The van der Waals surface area contributed by atoms with Crippen molar-refractivity contribution in [2.24, 2.45) is 5.92 Å². The van der Waals surface area contributed by atoms with Crippen molar-refractivity contribution < 1.29 is 14.3 Å². The molecule has 0 saturated heterocycles. The average Bonchev–Trinajstić information content (AvgIpc) is 3.08. The van der Waals surface area contributed by atoms with Crippen LogP contribution in [0.1, 0.15) is 37.0 Å². The SMILES string of the molecule is CC(C)CN(c1ccc(C(=O)O)c(F)c1)C1CC1. The Hall–Kier alpha value is -1.58. The van der Waals surface area contributed by atoms with Crippen LogP contribution in [-0.4, -0.2) is 23.7 Å². The van der Waals surface area contributed by atoms with Gasteiger partial charge in [0.1, 0.15) is 5.82 Å². The van der Waals surface area contributed by atoms with E-state index in [9.17, 15) is 9.18 Å². The van der Waals surface area contributed by atoms with Crippen LogP contribution in [0.5, 0.6) is 0 Å². The van der Waals surface area contributed by atoms with E-state index < -0.39 is 11.8 Å². The maximum Gasteiger partial charge on any atom is 0.338 e. The minimum Gasteiger partial charge on any atom is -0.478 e. The average molecular weight is 251 g/mol. The summed E-state index contributed by atoms with van der Waals surface area (Å²) in [6.45, 7) is 5.12. The molecule has 0 aliphatic heterocycles. The first-order valence-corrected chi connectivity index (χ1v) is 6.28. The van der Waals surface area contributed by atoms with Crippen molar-refractivity contribution in [1.82, 2.24) is 0 Å². The van der Waals surface area contributed by atoms with Crippen LogP contribution in [0.15, 0.2) is 18.2 Å². The van der Waals surface area contributed by atoms with Gasteiger partial charge in [0, 0.05) is 18.3 Å². The second kappa shape index (κ2) is 4.96. The number of hydrogen-bond donors (Lipinski definition) is 1. The predicted octanol–water partition coefficient (Wildman–Crippen LogP) is 3.15. The summed E-state index contributed by atoms with van der Waals surface area (Å²) in [5.41, 5.74) is 0.521. The van der Waals surface area contributed by atoms with Crippen LogP contribution in [0.3, 0.4) is 0 Å². The van der Waals surface area contributed by atoms with Crippen molar-refractivity contribution in [3.8, 4) is 0 Å². The number of carbonyl (C=O) groups is 1. The van der Waals surface area contributed by atoms with Crippen molar-refractivity contribution in [3.63, 3.8) is 0 Å². The molecule has 1 aromatic carbocycles. The summed E-state index contributed by atoms with van der Waals surface area (Å²) in [5.74, 6) is -1.39. The molecule has 0 atom stereocenters. The number of carboxylic acid groups (broad SMARTS) is 1. The van der Waals surface area contributed by atoms with Crippen LogP contribution in [0.4, 0.5) is 10.1 Å². The van der Waals surface area contributed by atoms with E-state index in [1.165, 1.54) is 12.1 Å². The maximum atomic E-state index is 13.7. The summed E-state index contributed by atoms with van der Waals surface area (Å²) in [4.78, 5) is 13.0. The molecule has 4 heteroatoms. The molecular weight excluding hydrogens is 233 g/mol. The largest absolute Gasteiger partial charge is 0.478 e. The lowest BCUT2D eigenvalue weighted by Gasteiger charge is -2.26. The fourth-order valence-electron chi connectivity index (χ4n) is 2.10. The number of benzene rings is 1. The third-order valence-electron chi connectivity index (χ3n) is 3.06. The molecule has 0 unspecified atom stereocenters. The van der Waals surface area contributed by atoms with E-state index in [4.69, 9.17) is 5.11 Å². The first kappa shape index (κ1) is 12.9. The van der Waals surface area contributed by atoms with Gasteiger partial charge in [0.2, 0.25) is 0 Å². The van der Waals surface area contributed by atoms with Gasteiger partial charge in [-0.2, -0.15) is 0 Å². The zero-order valence-electron chi connectivity index (χ0n) is 10.7. The van der Waals surface area contributed by atoms with Crippen LogP contribution < -0.4 is 4.90 Å². The van der Waals surface area contributed by atoms with Gasteiger partial charge in [-0.05, 0) is 37.0 Å². The lowest BCUT2D eigenvalue weighted by Crippen LogP contribution is -2.29. The minimum absolute atomic E-state index is 0.265. The number of halogens is 1. The normalized spacial score (nSPS) is 14.9. The molecule has 1 N–H and O–H groups in total. The molecule has 2 rings (SSSR count). The van der Waals surface area contributed by atoms with Crippen molar-refractivity contribution in [2.45, 2.75) is 32.7 Å². The lowest BCUT2D eigenvalue weighted by atomic mass is 10.1. The number of carboxylic acids is 1. The number of hydrogen-bond acceptors (Lipinski definition) is 2. The van der Waals surface area contributed by atoms with Crippen LogP contribution in [-0.2, 0) is 0 Å². The summed E-state index contributed by atoms with van der Waals surface area (Å²) in [6, 6.07) is 4.88. The fourth-order valence-corrected chi connectivity index (χ4v) is 2.10. The topological polar surface area (TPSA) is 40.5 Å². The van der Waals surface area contributed by atoms with E-state index in [0.29, 0.717) is 12.0 Å². The highest BCUT2D eigenvalue weighted by Crippen LogP contribution is 2.33. The molecule has 0 heterocycles. The summed E-state index contributed by atoms with van der Waals surface area (Å²) >= 11 is 0. The number of anilines is 1. The molecule has 1 aliphatic rings. The van der Waals surface area contributed by atoms with Gasteiger partial charge in [0.05, 0.1) is 5.56 Å². The van der Waals surface area contributed by atoms with Gasteiger partial charge in [0.25, 0.3) is 0 Å². The molecule has 1 aromatic rings. The Morgan fingerprint density at radius 2 is 2.17 bits per heavy atom. The summed E-state index contributed by atoms with van der Waals surface area (Å²) in [7, 11) is 0. The summed E-state index contributed by atoms with van der Waals surface area (Å²) in [6.07, 6.45) is 2.27. The molecule has 0 amide bonds. The molecule has 1 aliphatic carbocycles. The van der Waals surface area contributed by atoms with E-state index in [1.54, 1.807) is 6.07 Å². The third-order valence-corrected chi connectivity index (χ3v) is 3.06. The van der Waals surface area contributed by atoms with Gasteiger partial charge in [-0.25, -0.2) is 9.18 Å². The second-order valence-electron chi connectivity index (χ2n) is 5.25. The lowest BCUT2D eigenvalue weighted by molar-refractivity contribution is 0.0692. The van der Waals surface area contributed by atoms with Gasteiger partial charge in [-0.1, -0.05) is 13.8 Å². The molecule has 1 fully saturated rings. The van der Waals surface area contributed by atoms with Crippen LogP contribution in [0, 0.1) is 11.7 Å². The monoisotopic (exact) mass is 251 g/mol. The van der Waals surface area contributed by atoms with E-state index in [2.05, 4.69) is 18.7 Å². The standard InChI is InChI=1S/C14H18FNO2/c1-9(2)8-16(10-3-4-10)11-5-6-12(14(17)18)13(15)7-11/h5-7,9-10H,3-4,8H2,1-2H3,(H,17,18). The number of nitrogens with zero attached hydrogens (tertiary/aromatic N) is 1. The highest BCUT2D eigenvalue weighted by Gasteiger charge is 2.30. The zero-order chi connectivity index (χ0) is 13.3. The van der Waals surface area contributed by atoms with E-state index >= 15 is 0 Å². The molecule has 0 radical (unpaired) electrons. The Morgan fingerprint density at radius 3 is 2.61 bits per heavy atom. The Morgan fingerprint density at radius 1 is 1.50 bits per heavy atom. The highest BCUT2D eigenvalue weighted by atomic mass is 19.1. The van der Waals surface area contributed by atoms with Crippen molar-refractivity contribution in [2.75, 3.05) is 11.4 Å². The van der Waals surface area contributed by atoms with Crippen molar-refractivity contribution in [1.29, 1.82) is 0 Å². The van der Waals surface area contributed by atoms with Gasteiger partial charge in [-0.15, -0.1) is 0 Å². The molecule has 0 aromatic heterocycles. The van der Waals surface area contributed by atoms with Gasteiger partial charge in [0.15, 0.2) is 0 Å². The van der Waals surface area contributed by atoms with Crippen LogP contribution in [0.25, 0.3) is 0 Å². The molecule has 98 valence electrons. The Labute approximate surface area is 106 Å². The van der Waals surface area contributed by atoms with Crippen molar-refractivity contribution >= 4 is 11.7 Å². The van der Waals surface area contributed by atoms with E-state index in [-0.39, 0.29) is 5.56 Å². The summed E-state index contributed by atoms with van der Waals surface area (Å²) < 4.78 is 13.7. The smallest absolute Gasteiger partial charge is 0.338 e. The number of rotatable bonds is 5. The van der Waals surface area contributed by atoms with Crippen molar-refractivity contribution in [3.05, 3.63) is 29.6 Å². The molecule has 0 bridgehead atoms. The summed E-state index contributed by atoms with van der Waals surface area (Å²) in [5, 5.41) is 8.81. The molecule has 1 saturated carbocycles. The van der Waals surface area contributed by atoms with E-state index in [1.807, 2.05) is 0 Å². The maximum absolute atomic E-state index is 13.7. The van der Waals surface area contributed by atoms with Gasteiger partial charge >= 0.3 is 5.97 Å². The fraction of sp³-hybridized carbons (Fsp3) is 0.500. The molecule has 0 spiro atoms. The Bertz CT molecular complexity index is 455. The quantitative estimate of drug-likeness (QED) is 0.874. The molecular formula is C14H18FNO2. The van der Waals surface area contributed by atoms with Gasteiger partial charge < -0.3 is 10.0 Å². The van der Waals surface area contributed by atoms with Crippen LogP contribution >= 0.6 is 0 Å². The Balaban J connectivity index is 2.25. The number of aromatic carboxylic acids is 1. The van der Waals surface area contributed by atoms with E-state index in [0.717, 1.165) is 25.1 Å². The molecule has 3 nitrogen and oxygen atoms in total. The predicted molar refractivity (Wildman–Crippen MR) is 68.6 cm³/mol. The molecule has 18 heavy (non-hydrogen) atoms. The van der Waals surface area contributed by atoms with Gasteiger partial charge in [-0.3, -0.25) is 0 Å². The second-order valence-corrected chi connectivity index (χ2v) is 5.25. The highest BCUT2D eigenvalue weighted by molar-refractivity contribution is 5.88. The zero-order valence-corrected chi connectivity index (χ0v) is 10.7. The minimum atomic E-state index is -1.22. The Kier molecular flexibility index (Phi) is 3.55. The van der Waals surface area contributed by atoms with Crippen LogP contribution in [0.2, 0.25) is 0 Å². The first-order chi connectivity index (χ1) is 8.49. The third kappa shape index (κ3) is 2.81.